The molecule has 0 aromatic carbocycles. The highest BCUT2D eigenvalue weighted by Crippen LogP contribution is 2.21. The van der Waals surface area contributed by atoms with Crippen LogP contribution in [0.15, 0.2) is 18.5 Å². The number of carbonyl (C=O) groups is 2. The Hall–Kier alpha value is -2.05. The van der Waals surface area contributed by atoms with E-state index in [0.717, 1.165) is 10.9 Å². The largest absolute Gasteiger partial charge is 0.302 e. The number of rotatable bonds is 5. The minimum atomic E-state index is -0.102. The maximum atomic E-state index is 12.4. The molecule has 2 heterocycles. The van der Waals surface area contributed by atoms with Gasteiger partial charge in [-0.05, 0) is 46.7 Å². The zero-order chi connectivity index (χ0) is 16.4. The first-order valence-electron chi connectivity index (χ1n) is 7.13. The van der Waals surface area contributed by atoms with E-state index in [1.165, 1.54) is 4.57 Å². The predicted octanol–water partition coefficient (Wildman–Crippen LogP) is 1.29. The van der Waals surface area contributed by atoms with Gasteiger partial charge in [0.2, 0.25) is 5.91 Å². The summed E-state index contributed by atoms with van der Waals surface area (Å²) in [5.74, 6) is -0.117. The molecular weight excluding hydrogens is 280 g/mol. The van der Waals surface area contributed by atoms with Gasteiger partial charge in [0.05, 0.1) is 13.1 Å². The lowest BCUT2D eigenvalue weighted by Gasteiger charge is -2.09. The SMILES string of the molecule is Cc1cnc2c(c1)c(C(=O)CN(C)C)cn2C(=O)CN(C)C. The molecule has 0 unspecified atom stereocenters. The maximum absolute atomic E-state index is 12.4. The van der Waals surface area contributed by atoms with Crippen LogP contribution in [0.2, 0.25) is 0 Å². The molecule has 2 aromatic heterocycles. The number of fused-ring (bicyclic) bond motifs is 1. The fraction of sp³-hybridized carbons (Fsp3) is 0.438. The average Bonchev–Trinajstić information content (AvgIpc) is 2.75. The Kier molecular flexibility index (Phi) is 4.73. The van der Waals surface area contributed by atoms with Crippen LogP contribution in [0.3, 0.4) is 0 Å². The Balaban J connectivity index is 2.55. The van der Waals surface area contributed by atoms with Crippen molar-refractivity contribution in [2.75, 3.05) is 41.3 Å². The van der Waals surface area contributed by atoms with Crippen LogP contribution >= 0.6 is 0 Å². The number of aromatic nitrogens is 2. The highest BCUT2D eigenvalue weighted by Gasteiger charge is 2.20. The standard InChI is InChI=1S/C16H22N4O2/c1-11-6-12-13(14(21)9-18(2)3)8-20(16(12)17-7-11)15(22)10-19(4)5/h6-8H,9-10H2,1-5H3. The second-order valence-corrected chi connectivity index (χ2v) is 6.09. The fourth-order valence-electron chi connectivity index (χ4n) is 2.34. The number of hydrogen-bond donors (Lipinski definition) is 0. The van der Waals surface area contributed by atoms with Crippen LogP contribution in [0, 0.1) is 6.92 Å². The van der Waals surface area contributed by atoms with Gasteiger partial charge in [0.15, 0.2) is 5.78 Å². The topological polar surface area (TPSA) is 58.4 Å². The fourth-order valence-corrected chi connectivity index (χ4v) is 2.34. The van der Waals surface area contributed by atoms with E-state index >= 15 is 0 Å². The number of hydrogen-bond acceptors (Lipinski definition) is 5. The van der Waals surface area contributed by atoms with E-state index in [1.807, 2.05) is 46.1 Å². The number of pyridine rings is 1. The summed E-state index contributed by atoms with van der Waals surface area (Å²) >= 11 is 0. The van der Waals surface area contributed by atoms with Gasteiger partial charge in [-0.3, -0.25) is 14.2 Å². The molecule has 22 heavy (non-hydrogen) atoms. The van der Waals surface area contributed by atoms with E-state index < -0.39 is 0 Å². The Labute approximate surface area is 130 Å². The van der Waals surface area contributed by atoms with E-state index in [4.69, 9.17) is 0 Å². The molecule has 0 saturated carbocycles. The van der Waals surface area contributed by atoms with Crippen molar-refractivity contribution >= 4 is 22.7 Å². The molecule has 0 radical (unpaired) electrons. The summed E-state index contributed by atoms with van der Waals surface area (Å²) in [7, 11) is 7.36. The van der Waals surface area contributed by atoms with Crippen LogP contribution in [0.1, 0.15) is 20.7 Å². The lowest BCUT2D eigenvalue weighted by Crippen LogP contribution is -2.26. The highest BCUT2D eigenvalue weighted by atomic mass is 16.2. The smallest absolute Gasteiger partial charge is 0.246 e. The third kappa shape index (κ3) is 3.40. The van der Waals surface area contributed by atoms with Crippen LogP contribution in [-0.2, 0) is 0 Å². The molecule has 0 bridgehead atoms. The Morgan fingerprint density at radius 2 is 1.77 bits per heavy atom. The quantitative estimate of drug-likeness (QED) is 0.779. The van der Waals surface area contributed by atoms with Crippen LogP contribution in [-0.4, -0.2) is 72.3 Å². The summed E-state index contributed by atoms with van der Waals surface area (Å²) in [6.45, 7) is 2.49. The zero-order valence-corrected chi connectivity index (χ0v) is 13.8. The minimum absolute atomic E-state index is 0.0150. The summed E-state index contributed by atoms with van der Waals surface area (Å²) in [5, 5.41) is 0.735. The van der Waals surface area contributed by atoms with E-state index in [0.29, 0.717) is 17.8 Å². The number of Topliss-reactive ketones (excluding diaryl/α,β-unsaturated/α-hetero) is 1. The van der Waals surface area contributed by atoms with Crippen LogP contribution in [0.4, 0.5) is 0 Å². The Morgan fingerprint density at radius 1 is 1.14 bits per heavy atom. The minimum Gasteiger partial charge on any atom is -0.302 e. The van der Waals surface area contributed by atoms with Crippen molar-refractivity contribution < 1.29 is 9.59 Å². The number of likely N-dealkylation sites (N-methyl/N-ethyl adjacent to an activating group) is 2. The van der Waals surface area contributed by atoms with Crippen LogP contribution < -0.4 is 0 Å². The first-order valence-corrected chi connectivity index (χ1v) is 7.13. The number of aryl methyl sites for hydroxylation is 1. The van der Waals surface area contributed by atoms with Gasteiger partial charge in [-0.1, -0.05) is 0 Å². The highest BCUT2D eigenvalue weighted by molar-refractivity contribution is 6.10. The van der Waals surface area contributed by atoms with Crippen molar-refractivity contribution in [1.29, 1.82) is 0 Å². The molecule has 0 amide bonds. The molecule has 0 aliphatic rings. The average molecular weight is 302 g/mol. The summed E-state index contributed by atoms with van der Waals surface area (Å²) in [4.78, 5) is 32.8. The molecule has 0 fully saturated rings. The molecule has 0 aliphatic heterocycles. The number of ketones is 1. The second kappa shape index (κ2) is 6.37. The molecule has 6 heteroatoms. The molecule has 2 aromatic rings. The summed E-state index contributed by atoms with van der Waals surface area (Å²) in [5.41, 5.74) is 2.05. The third-order valence-corrected chi connectivity index (χ3v) is 3.26. The Bertz CT molecular complexity index is 716. The molecule has 0 spiro atoms. The lowest BCUT2D eigenvalue weighted by molar-refractivity contribution is 0.0881. The number of nitrogens with zero attached hydrogens (tertiary/aromatic N) is 4. The van der Waals surface area contributed by atoms with E-state index in [-0.39, 0.29) is 18.2 Å². The van der Waals surface area contributed by atoms with Crippen LogP contribution in [0.25, 0.3) is 11.0 Å². The maximum Gasteiger partial charge on any atom is 0.246 e. The summed E-state index contributed by atoms with van der Waals surface area (Å²) in [6.07, 6.45) is 3.33. The van der Waals surface area contributed by atoms with E-state index in [2.05, 4.69) is 4.98 Å². The van der Waals surface area contributed by atoms with Crippen molar-refractivity contribution in [2.45, 2.75) is 6.92 Å². The van der Waals surface area contributed by atoms with Gasteiger partial charge >= 0.3 is 0 Å². The van der Waals surface area contributed by atoms with Gasteiger partial charge in [-0.25, -0.2) is 4.98 Å². The van der Waals surface area contributed by atoms with Crippen molar-refractivity contribution in [3.05, 3.63) is 29.6 Å². The molecular formula is C16H22N4O2. The third-order valence-electron chi connectivity index (χ3n) is 3.26. The Morgan fingerprint density at radius 3 is 2.36 bits per heavy atom. The predicted molar refractivity (Wildman–Crippen MR) is 86.5 cm³/mol. The molecule has 118 valence electrons. The van der Waals surface area contributed by atoms with Crippen molar-refractivity contribution in [3.63, 3.8) is 0 Å². The monoisotopic (exact) mass is 302 g/mol. The van der Waals surface area contributed by atoms with Gasteiger partial charge in [0.1, 0.15) is 5.65 Å². The van der Waals surface area contributed by atoms with Gasteiger partial charge in [0, 0.05) is 23.3 Å². The van der Waals surface area contributed by atoms with Gasteiger partial charge in [0.25, 0.3) is 0 Å². The molecule has 0 N–H and O–H groups in total. The normalized spacial score (nSPS) is 11.6. The van der Waals surface area contributed by atoms with Crippen molar-refractivity contribution in [3.8, 4) is 0 Å². The summed E-state index contributed by atoms with van der Waals surface area (Å²) < 4.78 is 1.48. The van der Waals surface area contributed by atoms with E-state index in [9.17, 15) is 9.59 Å². The van der Waals surface area contributed by atoms with Crippen molar-refractivity contribution in [2.24, 2.45) is 0 Å². The lowest BCUT2D eigenvalue weighted by atomic mass is 10.1. The molecule has 0 saturated heterocycles. The molecule has 6 nitrogen and oxygen atoms in total. The van der Waals surface area contributed by atoms with E-state index in [1.54, 1.807) is 17.3 Å². The van der Waals surface area contributed by atoms with Gasteiger partial charge in [-0.15, -0.1) is 0 Å². The number of carbonyl (C=O) groups excluding carboxylic acids is 2. The first kappa shape index (κ1) is 16.3. The molecule has 0 aliphatic carbocycles. The summed E-state index contributed by atoms with van der Waals surface area (Å²) in [6, 6.07) is 1.91. The first-order chi connectivity index (χ1) is 10.3. The molecule has 0 atom stereocenters. The molecule has 2 rings (SSSR count). The van der Waals surface area contributed by atoms with Gasteiger partial charge in [-0.2, -0.15) is 0 Å². The second-order valence-electron chi connectivity index (χ2n) is 6.09. The van der Waals surface area contributed by atoms with Crippen LogP contribution in [0.5, 0.6) is 0 Å². The zero-order valence-electron chi connectivity index (χ0n) is 13.8. The van der Waals surface area contributed by atoms with Crippen molar-refractivity contribution in [1.82, 2.24) is 19.4 Å². The van der Waals surface area contributed by atoms with Gasteiger partial charge < -0.3 is 9.80 Å².